The Morgan fingerprint density at radius 1 is 1.42 bits per heavy atom. The summed E-state index contributed by atoms with van der Waals surface area (Å²) in [4.78, 5) is 0. The minimum atomic E-state index is 0.0708. The lowest BCUT2D eigenvalue weighted by Crippen LogP contribution is -2.40. The molecule has 0 amide bonds. The van der Waals surface area contributed by atoms with Crippen molar-refractivity contribution in [2.75, 3.05) is 33.5 Å². The highest BCUT2D eigenvalue weighted by molar-refractivity contribution is 5.37. The van der Waals surface area contributed by atoms with Crippen LogP contribution in [0.2, 0.25) is 0 Å². The highest BCUT2D eigenvalue weighted by Crippen LogP contribution is 2.26. The molecule has 1 heterocycles. The lowest BCUT2D eigenvalue weighted by molar-refractivity contribution is -0.102. The molecule has 1 saturated heterocycles. The first-order valence-electron chi connectivity index (χ1n) is 6.83. The fourth-order valence-electron chi connectivity index (χ4n) is 2.48. The molecule has 0 bridgehead atoms. The third-order valence-corrected chi connectivity index (χ3v) is 3.42. The second-order valence-electron chi connectivity index (χ2n) is 4.75. The molecule has 2 rings (SSSR count). The Bertz CT molecular complexity index is 402. The summed E-state index contributed by atoms with van der Waals surface area (Å²) in [5.41, 5.74) is 2.36. The van der Waals surface area contributed by atoms with Crippen molar-refractivity contribution in [1.82, 2.24) is 5.32 Å². The van der Waals surface area contributed by atoms with Gasteiger partial charge < -0.3 is 19.5 Å². The van der Waals surface area contributed by atoms with Crippen LogP contribution in [0.3, 0.4) is 0 Å². The molecule has 1 N–H and O–H groups in total. The Balaban J connectivity index is 2.19. The van der Waals surface area contributed by atoms with Gasteiger partial charge in [0.05, 0.1) is 33.0 Å². The van der Waals surface area contributed by atoms with Crippen LogP contribution in [0.15, 0.2) is 18.2 Å². The lowest BCUT2D eigenvalue weighted by atomic mass is 9.99. The van der Waals surface area contributed by atoms with E-state index in [1.165, 1.54) is 5.56 Å². The van der Waals surface area contributed by atoms with Crippen LogP contribution in [-0.2, 0) is 9.47 Å². The average Bonchev–Trinajstić information content (AvgIpc) is 2.45. The van der Waals surface area contributed by atoms with E-state index in [0.717, 1.165) is 17.9 Å². The van der Waals surface area contributed by atoms with Gasteiger partial charge in [-0.15, -0.1) is 0 Å². The number of rotatable bonds is 5. The molecule has 1 aromatic carbocycles. The molecule has 1 aliphatic rings. The molecule has 1 fully saturated rings. The zero-order chi connectivity index (χ0) is 13.7. The molecule has 0 aliphatic carbocycles. The Kier molecular flexibility index (Phi) is 5.19. The molecule has 4 nitrogen and oxygen atoms in total. The van der Waals surface area contributed by atoms with Gasteiger partial charge >= 0.3 is 0 Å². The van der Waals surface area contributed by atoms with Crippen LogP contribution in [0.5, 0.6) is 5.75 Å². The number of benzene rings is 1. The van der Waals surface area contributed by atoms with Crippen molar-refractivity contribution >= 4 is 0 Å². The van der Waals surface area contributed by atoms with Gasteiger partial charge in [-0.3, -0.25) is 0 Å². The predicted octanol–water partition coefficient (Wildman–Crippen LogP) is 2.07. The van der Waals surface area contributed by atoms with Gasteiger partial charge in [-0.1, -0.05) is 19.1 Å². The van der Waals surface area contributed by atoms with Crippen LogP contribution in [-0.4, -0.2) is 39.6 Å². The summed E-state index contributed by atoms with van der Waals surface area (Å²) in [5, 5.41) is 3.49. The van der Waals surface area contributed by atoms with Gasteiger partial charge in [-0.05, 0) is 30.7 Å². The summed E-state index contributed by atoms with van der Waals surface area (Å²) in [7, 11) is 1.70. The molecule has 4 heteroatoms. The van der Waals surface area contributed by atoms with Crippen molar-refractivity contribution in [1.29, 1.82) is 0 Å². The fourth-order valence-corrected chi connectivity index (χ4v) is 2.48. The average molecular weight is 265 g/mol. The normalized spacial score (nSPS) is 21.1. The SMILES string of the molecule is CCNC(c1ccc(OC)c(C)c1)C1COCCO1. The van der Waals surface area contributed by atoms with Gasteiger partial charge in [0.15, 0.2) is 0 Å². The molecule has 1 aromatic rings. The zero-order valence-corrected chi connectivity index (χ0v) is 11.9. The Morgan fingerprint density at radius 2 is 2.26 bits per heavy atom. The van der Waals surface area contributed by atoms with E-state index in [0.29, 0.717) is 19.8 Å². The lowest BCUT2D eigenvalue weighted by Gasteiger charge is -2.31. The second kappa shape index (κ2) is 6.89. The number of ether oxygens (including phenoxy) is 3. The van der Waals surface area contributed by atoms with Crippen LogP contribution in [0.25, 0.3) is 0 Å². The number of hydrogen-bond acceptors (Lipinski definition) is 4. The highest BCUT2D eigenvalue weighted by Gasteiger charge is 2.26. The summed E-state index contributed by atoms with van der Waals surface area (Å²) in [6.45, 7) is 7.06. The fraction of sp³-hybridized carbons (Fsp3) is 0.600. The standard InChI is InChI=1S/C15H23NO3/c1-4-16-15(14-10-18-7-8-19-14)12-5-6-13(17-3)11(2)9-12/h5-6,9,14-16H,4,7-8,10H2,1-3H3. The van der Waals surface area contributed by atoms with Gasteiger partial charge in [-0.2, -0.15) is 0 Å². The highest BCUT2D eigenvalue weighted by atomic mass is 16.6. The summed E-state index contributed by atoms with van der Waals surface area (Å²) in [6, 6.07) is 6.43. The van der Waals surface area contributed by atoms with Gasteiger partial charge in [0, 0.05) is 0 Å². The topological polar surface area (TPSA) is 39.7 Å². The van der Waals surface area contributed by atoms with E-state index < -0.39 is 0 Å². The van der Waals surface area contributed by atoms with Gasteiger partial charge in [0.2, 0.25) is 0 Å². The van der Waals surface area contributed by atoms with E-state index in [9.17, 15) is 0 Å². The van der Waals surface area contributed by atoms with Gasteiger partial charge in [0.25, 0.3) is 0 Å². The van der Waals surface area contributed by atoms with Crippen LogP contribution in [0.4, 0.5) is 0 Å². The molecule has 0 aromatic heterocycles. The smallest absolute Gasteiger partial charge is 0.121 e. The van der Waals surface area contributed by atoms with E-state index in [4.69, 9.17) is 14.2 Å². The quantitative estimate of drug-likeness (QED) is 0.884. The number of likely N-dealkylation sites (N-methyl/N-ethyl adjacent to an activating group) is 1. The van der Waals surface area contributed by atoms with E-state index in [1.807, 2.05) is 6.07 Å². The number of hydrogen-bond donors (Lipinski definition) is 1. The van der Waals surface area contributed by atoms with E-state index in [-0.39, 0.29) is 12.1 Å². The van der Waals surface area contributed by atoms with Crippen LogP contribution in [0.1, 0.15) is 24.1 Å². The predicted molar refractivity (Wildman–Crippen MR) is 74.7 cm³/mol. The Hall–Kier alpha value is -1.10. The van der Waals surface area contributed by atoms with Crippen molar-refractivity contribution in [3.63, 3.8) is 0 Å². The summed E-state index contributed by atoms with van der Waals surface area (Å²) >= 11 is 0. The van der Waals surface area contributed by atoms with Crippen molar-refractivity contribution < 1.29 is 14.2 Å². The molecule has 1 aliphatic heterocycles. The minimum absolute atomic E-state index is 0.0708. The number of nitrogens with one attached hydrogen (secondary N) is 1. The molecular weight excluding hydrogens is 242 g/mol. The Morgan fingerprint density at radius 3 is 2.84 bits per heavy atom. The van der Waals surface area contributed by atoms with E-state index in [2.05, 4.69) is 31.3 Å². The van der Waals surface area contributed by atoms with Crippen LogP contribution < -0.4 is 10.1 Å². The first kappa shape index (κ1) is 14.3. The van der Waals surface area contributed by atoms with Crippen molar-refractivity contribution in [3.8, 4) is 5.75 Å². The summed E-state index contributed by atoms with van der Waals surface area (Å²) in [5.74, 6) is 0.916. The zero-order valence-electron chi connectivity index (χ0n) is 11.9. The number of methoxy groups -OCH3 is 1. The Labute approximate surface area is 115 Å². The molecule has 0 radical (unpaired) electrons. The molecule has 106 valence electrons. The van der Waals surface area contributed by atoms with Gasteiger partial charge in [0.1, 0.15) is 11.9 Å². The van der Waals surface area contributed by atoms with E-state index >= 15 is 0 Å². The summed E-state index contributed by atoms with van der Waals surface area (Å²) < 4.78 is 16.6. The van der Waals surface area contributed by atoms with Crippen LogP contribution >= 0.6 is 0 Å². The van der Waals surface area contributed by atoms with Gasteiger partial charge in [-0.25, -0.2) is 0 Å². The molecule has 0 saturated carbocycles. The monoisotopic (exact) mass is 265 g/mol. The molecular formula is C15H23NO3. The van der Waals surface area contributed by atoms with Crippen molar-refractivity contribution in [2.24, 2.45) is 0 Å². The first-order valence-corrected chi connectivity index (χ1v) is 6.83. The molecule has 2 unspecified atom stereocenters. The molecule has 19 heavy (non-hydrogen) atoms. The van der Waals surface area contributed by atoms with Crippen molar-refractivity contribution in [2.45, 2.75) is 26.0 Å². The first-order chi connectivity index (χ1) is 9.26. The third-order valence-electron chi connectivity index (χ3n) is 3.42. The molecule has 0 spiro atoms. The summed E-state index contributed by atoms with van der Waals surface area (Å²) in [6.07, 6.45) is 0.0708. The minimum Gasteiger partial charge on any atom is -0.496 e. The number of aryl methyl sites for hydroxylation is 1. The maximum atomic E-state index is 5.82. The van der Waals surface area contributed by atoms with E-state index in [1.54, 1.807) is 7.11 Å². The molecule has 2 atom stereocenters. The van der Waals surface area contributed by atoms with Crippen LogP contribution in [0, 0.1) is 6.92 Å². The maximum absolute atomic E-state index is 5.82. The van der Waals surface area contributed by atoms with Crippen molar-refractivity contribution in [3.05, 3.63) is 29.3 Å². The third kappa shape index (κ3) is 3.47. The largest absolute Gasteiger partial charge is 0.496 e. The maximum Gasteiger partial charge on any atom is 0.121 e. The second-order valence-corrected chi connectivity index (χ2v) is 4.75.